The molecule has 2 aromatic rings. The van der Waals surface area contributed by atoms with Gasteiger partial charge < -0.3 is 5.73 Å². The van der Waals surface area contributed by atoms with Crippen molar-refractivity contribution < 1.29 is 4.79 Å². The van der Waals surface area contributed by atoms with Crippen LogP contribution in [0.5, 0.6) is 0 Å². The molecule has 0 saturated heterocycles. The fourth-order valence-corrected chi connectivity index (χ4v) is 2.73. The fourth-order valence-electron chi connectivity index (χ4n) is 1.76. The van der Waals surface area contributed by atoms with Crippen molar-refractivity contribution in [2.75, 3.05) is 11.5 Å². The van der Waals surface area contributed by atoms with E-state index < -0.39 is 0 Å². The summed E-state index contributed by atoms with van der Waals surface area (Å²) in [6.07, 6.45) is 1.60. The molecular weight excluding hydrogens is 272 g/mol. The number of pyridine rings is 1. The summed E-state index contributed by atoms with van der Waals surface area (Å²) in [7, 11) is 0. The molecule has 1 unspecified atom stereocenters. The van der Waals surface area contributed by atoms with Gasteiger partial charge in [0.2, 0.25) is 5.91 Å². The van der Waals surface area contributed by atoms with Gasteiger partial charge in [0.1, 0.15) is 0 Å². The lowest BCUT2D eigenvalue weighted by Crippen LogP contribution is -2.35. The molecule has 5 nitrogen and oxygen atoms in total. The highest BCUT2D eigenvalue weighted by atomic mass is 32.2. The standard InChI is InChI=1S/C14H16N4OS/c15-11-6-7-13(17-8-11)20-9-12(14(19)18-16)10-4-2-1-3-5-10/h1-8,12H,9,15-16H2,(H,18,19). The normalized spacial score (nSPS) is 11.8. The lowest BCUT2D eigenvalue weighted by atomic mass is 10.0. The number of aromatic nitrogens is 1. The number of carbonyl (C=O) groups excluding carboxylic acids is 1. The zero-order chi connectivity index (χ0) is 14.4. The maximum Gasteiger partial charge on any atom is 0.242 e. The molecule has 5 N–H and O–H groups in total. The number of amides is 1. The fraction of sp³-hybridized carbons (Fsp3) is 0.143. The number of thioether (sulfide) groups is 1. The molecule has 0 aliphatic heterocycles. The van der Waals surface area contributed by atoms with Crippen molar-refractivity contribution >= 4 is 23.4 Å². The van der Waals surface area contributed by atoms with E-state index in [0.717, 1.165) is 10.6 Å². The van der Waals surface area contributed by atoms with E-state index in [2.05, 4.69) is 10.4 Å². The van der Waals surface area contributed by atoms with Gasteiger partial charge in [-0.15, -0.1) is 11.8 Å². The second-order valence-electron chi connectivity index (χ2n) is 4.21. The van der Waals surface area contributed by atoms with E-state index in [4.69, 9.17) is 11.6 Å². The van der Waals surface area contributed by atoms with E-state index in [0.29, 0.717) is 11.4 Å². The Kier molecular flexibility index (Phi) is 4.97. The van der Waals surface area contributed by atoms with Gasteiger partial charge in [-0.05, 0) is 17.7 Å². The van der Waals surface area contributed by atoms with Gasteiger partial charge in [-0.25, -0.2) is 10.8 Å². The van der Waals surface area contributed by atoms with Gasteiger partial charge in [0.25, 0.3) is 0 Å². The van der Waals surface area contributed by atoms with E-state index in [9.17, 15) is 4.79 Å². The summed E-state index contributed by atoms with van der Waals surface area (Å²) in [4.78, 5) is 16.1. The molecule has 20 heavy (non-hydrogen) atoms. The number of hydrazine groups is 1. The summed E-state index contributed by atoms with van der Waals surface area (Å²) >= 11 is 1.49. The Morgan fingerprint density at radius 2 is 2.00 bits per heavy atom. The van der Waals surface area contributed by atoms with Crippen molar-refractivity contribution in [3.8, 4) is 0 Å². The van der Waals surface area contributed by atoms with Crippen LogP contribution in [0.1, 0.15) is 11.5 Å². The maximum absolute atomic E-state index is 11.9. The van der Waals surface area contributed by atoms with E-state index in [1.807, 2.05) is 36.4 Å². The lowest BCUT2D eigenvalue weighted by molar-refractivity contribution is -0.122. The van der Waals surface area contributed by atoms with Crippen LogP contribution in [0.4, 0.5) is 5.69 Å². The van der Waals surface area contributed by atoms with Crippen LogP contribution in [0, 0.1) is 0 Å². The molecule has 0 radical (unpaired) electrons. The van der Waals surface area contributed by atoms with Crippen LogP contribution in [-0.4, -0.2) is 16.6 Å². The molecule has 6 heteroatoms. The summed E-state index contributed by atoms with van der Waals surface area (Å²) in [5.41, 5.74) is 9.36. The Labute approximate surface area is 121 Å². The summed E-state index contributed by atoms with van der Waals surface area (Å²) < 4.78 is 0. The zero-order valence-corrected chi connectivity index (χ0v) is 11.6. The third-order valence-corrected chi connectivity index (χ3v) is 3.86. The van der Waals surface area contributed by atoms with Crippen molar-refractivity contribution in [2.24, 2.45) is 5.84 Å². The molecule has 0 fully saturated rings. The number of rotatable bonds is 5. The molecule has 1 heterocycles. The SMILES string of the molecule is NNC(=O)C(CSc1ccc(N)cn1)c1ccccc1. The first-order valence-electron chi connectivity index (χ1n) is 6.10. The Morgan fingerprint density at radius 3 is 2.60 bits per heavy atom. The molecule has 0 spiro atoms. The third kappa shape index (κ3) is 3.72. The summed E-state index contributed by atoms with van der Waals surface area (Å²) in [5.74, 6) is 5.29. The van der Waals surface area contributed by atoms with Gasteiger partial charge in [-0.1, -0.05) is 30.3 Å². The highest BCUT2D eigenvalue weighted by Gasteiger charge is 2.20. The molecule has 0 bridgehead atoms. The molecule has 2 rings (SSSR count). The van der Waals surface area contributed by atoms with Gasteiger partial charge >= 0.3 is 0 Å². The number of anilines is 1. The first-order valence-corrected chi connectivity index (χ1v) is 7.09. The van der Waals surface area contributed by atoms with Crippen LogP contribution in [0.3, 0.4) is 0 Å². The minimum atomic E-state index is -0.314. The molecular formula is C14H16N4OS. The molecule has 0 saturated carbocycles. The Morgan fingerprint density at radius 1 is 1.25 bits per heavy atom. The van der Waals surface area contributed by atoms with Crippen LogP contribution in [0.2, 0.25) is 0 Å². The molecule has 1 amide bonds. The highest BCUT2D eigenvalue weighted by molar-refractivity contribution is 7.99. The maximum atomic E-state index is 11.9. The Balaban J connectivity index is 2.09. The smallest absolute Gasteiger partial charge is 0.242 e. The number of nitrogens with one attached hydrogen (secondary N) is 1. The van der Waals surface area contributed by atoms with Crippen molar-refractivity contribution in [1.82, 2.24) is 10.4 Å². The molecule has 1 aromatic heterocycles. The monoisotopic (exact) mass is 288 g/mol. The third-order valence-electron chi connectivity index (χ3n) is 2.82. The molecule has 0 aliphatic rings. The zero-order valence-electron chi connectivity index (χ0n) is 10.8. The second kappa shape index (κ2) is 6.93. The Hall–Kier alpha value is -2.05. The van der Waals surface area contributed by atoms with Crippen LogP contribution in [0.15, 0.2) is 53.7 Å². The second-order valence-corrected chi connectivity index (χ2v) is 5.25. The first kappa shape index (κ1) is 14.4. The van der Waals surface area contributed by atoms with Gasteiger partial charge in [0.05, 0.1) is 22.8 Å². The summed E-state index contributed by atoms with van der Waals surface area (Å²) in [6, 6.07) is 13.2. The number of carbonyl (C=O) groups is 1. The Bertz CT molecular complexity index is 559. The van der Waals surface area contributed by atoms with Crippen LogP contribution in [-0.2, 0) is 4.79 Å². The number of benzene rings is 1. The van der Waals surface area contributed by atoms with Crippen molar-refractivity contribution in [1.29, 1.82) is 0 Å². The number of nitrogen functional groups attached to an aromatic ring is 1. The molecule has 0 aliphatic carbocycles. The minimum absolute atomic E-state index is 0.209. The average molecular weight is 288 g/mol. The van der Waals surface area contributed by atoms with Gasteiger partial charge in [0, 0.05) is 5.75 Å². The van der Waals surface area contributed by atoms with Crippen molar-refractivity contribution in [3.05, 3.63) is 54.2 Å². The highest BCUT2D eigenvalue weighted by Crippen LogP contribution is 2.25. The largest absolute Gasteiger partial charge is 0.397 e. The van der Waals surface area contributed by atoms with Crippen molar-refractivity contribution in [2.45, 2.75) is 10.9 Å². The topological polar surface area (TPSA) is 94.0 Å². The molecule has 104 valence electrons. The summed E-state index contributed by atoms with van der Waals surface area (Å²) in [6.45, 7) is 0. The number of nitrogens with zero attached hydrogens (tertiary/aromatic N) is 1. The minimum Gasteiger partial charge on any atom is -0.397 e. The molecule has 1 atom stereocenters. The average Bonchev–Trinajstić information content (AvgIpc) is 2.50. The first-order chi connectivity index (χ1) is 9.70. The lowest BCUT2D eigenvalue weighted by Gasteiger charge is -2.15. The number of hydrogen-bond acceptors (Lipinski definition) is 5. The van der Waals surface area contributed by atoms with Gasteiger partial charge in [-0.3, -0.25) is 10.2 Å². The molecule has 1 aromatic carbocycles. The predicted molar refractivity (Wildman–Crippen MR) is 80.9 cm³/mol. The van der Waals surface area contributed by atoms with E-state index in [-0.39, 0.29) is 11.8 Å². The van der Waals surface area contributed by atoms with E-state index in [1.54, 1.807) is 12.3 Å². The van der Waals surface area contributed by atoms with Gasteiger partial charge in [-0.2, -0.15) is 0 Å². The van der Waals surface area contributed by atoms with E-state index in [1.165, 1.54) is 11.8 Å². The van der Waals surface area contributed by atoms with Gasteiger partial charge in [0.15, 0.2) is 0 Å². The van der Waals surface area contributed by atoms with E-state index >= 15 is 0 Å². The van der Waals surface area contributed by atoms with Crippen LogP contribution in [0.25, 0.3) is 0 Å². The van der Waals surface area contributed by atoms with Crippen LogP contribution < -0.4 is 17.0 Å². The summed E-state index contributed by atoms with van der Waals surface area (Å²) in [5, 5.41) is 0.824. The van der Waals surface area contributed by atoms with Crippen LogP contribution >= 0.6 is 11.8 Å². The number of hydrogen-bond donors (Lipinski definition) is 3. The van der Waals surface area contributed by atoms with Crippen molar-refractivity contribution in [3.63, 3.8) is 0 Å². The number of nitrogens with two attached hydrogens (primary N) is 2. The predicted octanol–water partition coefficient (Wildman–Crippen LogP) is 1.53. The quantitative estimate of drug-likeness (QED) is 0.336.